The minimum Gasteiger partial charge on any atom is -0.478 e. The molecular formula is C16H16N2O5S. The third kappa shape index (κ3) is 3.90. The molecule has 0 fully saturated rings. The summed E-state index contributed by atoms with van der Waals surface area (Å²) in [6.45, 7) is 0. The van der Waals surface area contributed by atoms with Crippen LogP contribution in [0.1, 0.15) is 20.7 Å². The molecule has 126 valence electrons. The third-order valence-corrected chi connectivity index (χ3v) is 4.58. The van der Waals surface area contributed by atoms with E-state index >= 15 is 0 Å². The first-order chi connectivity index (χ1) is 11.2. The van der Waals surface area contributed by atoms with E-state index in [2.05, 4.69) is 4.72 Å². The number of nitrogens with one attached hydrogen (secondary N) is 1. The first-order valence-corrected chi connectivity index (χ1v) is 8.37. The standard InChI is InChI=1S/C16H16N2O5S/c1-18(2)15(19)12-4-3-5-13(10-12)17-24(22,23)14-8-6-11(7-9-14)16(20)21/h3-10,17H,1-2H3,(H,20,21). The Kier molecular flexibility index (Phi) is 4.89. The van der Waals surface area contributed by atoms with Gasteiger partial charge in [-0.05, 0) is 42.5 Å². The summed E-state index contributed by atoms with van der Waals surface area (Å²) in [6, 6.07) is 11.0. The van der Waals surface area contributed by atoms with E-state index < -0.39 is 16.0 Å². The number of carboxylic acids is 1. The maximum Gasteiger partial charge on any atom is 0.335 e. The maximum atomic E-state index is 12.3. The van der Waals surface area contributed by atoms with Gasteiger partial charge in [-0.25, -0.2) is 13.2 Å². The van der Waals surface area contributed by atoms with E-state index in [0.717, 1.165) is 0 Å². The molecule has 0 unspecified atom stereocenters. The fourth-order valence-electron chi connectivity index (χ4n) is 1.96. The highest BCUT2D eigenvalue weighted by atomic mass is 32.2. The molecule has 0 bridgehead atoms. The molecular weight excluding hydrogens is 332 g/mol. The molecule has 0 saturated carbocycles. The lowest BCUT2D eigenvalue weighted by molar-refractivity contribution is 0.0696. The molecule has 0 atom stereocenters. The molecule has 0 heterocycles. The zero-order chi connectivity index (χ0) is 17.9. The van der Waals surface area contributed by atoms with Gasteiger partial charge in [-0.2, -0.15) is 0 Å². The summed E-state index contributed by atoms with van der Waals surface area (Å²) in [5.74, 6) is -1.39. The monoisotopic (exact) mass is 348 g/mol. The number of carbonyl (C=O) groups is 2. The summed E-state index contributed by atoms with van der Waals surface area (Å²) in [4.78, 5) is 24.0. The average molecular weight is 348 g/mol. The molecule has 0 radical (unpaired) electrons. The van der Waals surface area contributed by atoms with Crippen molar-refractivity contribution < 1.29 is 23.1 Å². The van der Waals surface area contributed by atoms with Crippen LogP contribution < -0.4 is 4.72 Å². The number of rotatable bonds is 5. The summed E-state index contributed by atoms with van der Waals surface area (Å²) < 4.78 is 27.1. The van der Waals surface area contributed by atoms with Crippen LogP contribution in [0.3, 0.4) is 0 Å². The summed E-state index contributed by atoms with van der Waals surface area (Å²) in [6.07, 6.45) is 0. The Morgan fingerprint density at radius 2 is 1.62 bits per heavy atom. The molecule has 0 aromatic heterocycles. The van der Waals surface area contributed by atoms with Gasteiger partial charge in [0.15, 0.2) is 0 Å². The van der Waals surface area contributed by atoms with Crippen molar-refractivity contribution in [1.82, 2.24) is 4.90 Å². The molecule has 8 heteroatoms. The minimum absolute atomic E-state index is 0.00692. The van der Waals surface area contributed by atoms with E-state index in [4.69, 9.17) is 5.11 Å². The van der Waals surface area contributed by atoms with E-state index in [1.165, 1.54) is 41.3 Å². The first kappa shape index (κ1) is 17.5. The molecule has 0 aliphatic carbocycles. The largest absolute Gasteiger partial charge is 0.478 e. The Morgan fingerprint density at radius 3 is 2.17 bits per heavy atom. The van der Waals surface area contributed by atoms with Gasteiger partial charge in [-0.15, -0.1) is 0 Å². The lowest BCUT2D eigenvalue weighted by Gasteiger charge is -2.12. The molecule has 24 heavy (non-hydrogen) atoms. The van der Waals surface area contributed by atoms with Gasteiger partial charge in [-0.1, -0.05) is 6.07 Å². The van der Waals surface area contributed by atoms with E-state index in [9.17, 15) is 18.0 Å². The van der Waals surface area contributed by atoms with Crippen LogP contribution in [0.25, 0.3) is 0 Å². The van der Waals surface area contributed by atoms with Crippen molar-refractivity contribution in [2.45, 2.75) is 4.90 Å². The Bertz CT molecular complexity index is 874. The zero-order valence-corrected chi connectivity index (χ0v) is 13.9. The molecule has 0 aliphatic rings. The van der Waals surface area contributed by atoms with Gasteiger partial charge in [0.2, 0.25) is 0 Å². The van der Waals surface area contributed by atoms with Crippen LogP contribution in [0.15, 0.2) is 53.4 Å². The van der Waals surface area contributed by atoms with Crippen molar-refractivity contribution in [1.29, 1.82) is 0 Å². The number of hydrogen-bond acceptors (Lipinski definition) is 4. The lowest BCUT2D eigenvalue weighted by atomic mass is 10.2. The summed E-state index contributed by atoms with van der Waals surface area (Å²) in [5, 5.41) is 8.84. The van der Waals surface area contributed by atoms with Crippen molar-refractivity contribution in [3.8, 4) is 0 Å². The number of carbonyl (C=O) groups excluding carboxylic acids is 1. The van der Waals surface area contributed by atoms with Gasteiger partial charge in [0.1, 0.15) is 0 Å². The Balaban J connectivity index is 2.27. The number of benzene rings is 2. The van der Waals surface area contributed by atoms with Gasteiger partial charge in [-0.3, -0.25) is 9.52 Å². The second-order valence-corrected chi connectivity index (χ2v) is 6.90. The number of nitrogens with zero attached hydrogens (tertiary/aromatic N) is 1. The molecule has 7 nitrogen and oxygen atoms in total. The van der Waals surface area contributed by atoms with E-state index in [0.29, 0.717) is 5.56 Å². The number of carboxylic acid groups (broad SMARTS) is 1. The van der Waals surface area contributed by atoms with Crippen LogP contribution >= 0.6 is 0 Å². The average Bonchev–Trinajstić information content (AvgIpc) is 2.54. The fraction of sp³-hybridized carbons (Fsp3) is 0.125. The van der Waals surface area contributed by atoms with Crippen molar-refractivity contribution in [3.05, 3.63) is 59.7 Å². The fourth-order valence-corrected chi connectivity index (χ4v) is 3.01. The summed E-state index contributed by atoms with van der Waals surface area (Å²) >= 11 is 0. The molecule has 2 rings (SSSR count). The van der Waals surface area contributed by atoms with Crippen LogP contribution in [-0.4, -0.2) is 44.4 Å². The van der Waals surface area contributed by atoms with Crippen LogP contribution in [-0.2, 0) is 10.0 Å². The number of amides is 1. The van der Waals surface area contributed by atoms with Gasteiger partial charge in [0, 0.05) is 25.3 Å². The lowest BCUT2D eigenvalue weighted by Crippen LogP contribution is -2.22. The quantitative estimate of drug-likeness (QED) is 0.859. The number of hydrogen-bond donors (Lipinski definition) is 2. The SMILES string of the molecule is CN(C)C(=O)c1cccc(NS(=O)(=O)c2ccc(C(=O)O)cc2)c1. The molecule has 2 N–H and O–H groups in total. The van der Waals surface area contributed by atoms with Crippen molar-refractivity contribution in [2.24, 2.45) is 0 Å². The molecule has 2 aromatic rings. The van der Waals surface area contributed by atoms with Crippen molar-refractivity contribution >= 4 is 27.6 Å². The molecule has 0 aliphatic heterocycles. The second-order valence-electron chi connectivity index (χ2n) is 5.22. The van der Waals surface area contributed by atoms with Gasteiger partial charge in [0.05, 0.1) is 10.5 Å². The van der Waals surface area contributed by atoms with Gasteiger partial charge >= 0.3 is 5.97 Å². The zero-order valence-electron chi connectivity index (χ0n) is 13.1. The van der Waals surface area contributed by atoms with E-state index in [-0.39, 0.29) is 22.1 Å². The van der Waals surface area contributed by atoms with E-state index in [1.807, 2.05) is 0 Å². The smallest absolute Gasteiger partial charge is 0.335 e. The van der Waals surface area contributed by atoms with Crippen molar-refractivity contribution in [3.63, 3.8) is 0 Å². The van der Waals surface area contributed by atoms with Crippen LogP contribution in [0, 0.1) is 0 Å². The Hall–Kier alpha value is -2.87. The normalized spacial score (nSPS) is 10.9. The first-order valence-electron chi connectivity index (χ1n) is 6.88. The van der Waals surface area contributed by atoms with Crippen LogP contribution in [0.4, 0.5) is 5.69 Å². The number of aromatic carboxylic acids is 1. The highest BCUT2D eigenvalue weighted by Gasteiger charge is 2.16. The summed E-state index contributed by atoms with van der Waals surface area (Å²) in [5.41, 5.74) is 0.582. The Morgan fingerprint density at radius 1 is 1.00 bits per heavy atom. The van der Waals surface area contributed by atoms with Crippen LogP contribution in [0.2, 0.25) is 0 Å². The number of sulfonamides is 1. The molecule has 2 aromatic carbocycles. The summed E-state index contributed by atoms with van der Waals surface area (Å²) in [7, 11) is -0.686. The minimum atomic E-state index is -3.89. The molecule has 0 saturated heterocycles. The molecule has 0 spiro atoms. The molecule has 1 amide bonds. The van der Waals surface area contributed by atoms with Crippen molar-refractivity contribution in [2.75, 3.05) is 18.8 Å². The predicted octanol–water partition coefficient (Wildman–Crippen LogP) is 1.89. The Labute approximate surface area is 139 Å². The van der Waals surface area contributed by atoms with Gasteiger partial charge < -0.3 is 10.0 Å². The maximum absolute atomic E-state index is 12.3. The predicted molar refractivity (Wildman–Crippen MR) is 88.7 cm³/mol. The number of anilines is 1. The van der Waals surface area contributed by atoms with Gasteiger partial charge in [0.25, 0.3) is 15.9 Å². The van der Waals surface area contributed by atoms with E-state index in [1.54, 1.807) is 26.2 Å². The third-order valence-electron chi connectivity index (χ3n) is 3.18. The second kappa shape index (κ2) is 6.71. The highest BCUT2D eigenvalue weighted by molar-refractivity contribution is 7.92. The topological polar surface area (TPSA) is 104 Å². The van der Waals surface area contributed by atoms with Crippen LogP contribution in [0.5, 0.6) is 0 Å². The highest BCUT2D eigenvalue weighted by Crippen LogP contribution is 2.18.